The number of hydrogen-bond donors (Lipinski definition) is 5. The van der Waals surface area contributed by atoms with Gasteiger partial charge in [0.25, 0.3) is 0 Å². The molecule has 5 aliphatic carbocycles. The fourth-order valence-corrected chi connectivity index (χ4v) is 12.7. The van der Waals surface area contributed by atoms with Crippen molar-refractivity contribution in [3.05, 3.63) is 11.6 Å². The molecule has 45 heavy (non-hydrogen) atoms. The van der Waals surface area contributed by atoms with Crippen LogP contribution >= 0.6 is 0 Å². The summed E-state index contributed by atoms with van der Waals surface area (Å²) in [5, 5.41) is 51.8. The summed E-state index contributed by atoms with van der Waals surface area (Å²) in [6.45, 7) is 15.8. The van der Waals surface area contributed by atoms with Crippen LogP contribution in [0.25, 0.3) is 0 Å². The molecule has 254 valence electrons. The molecule has 0 aromatic carbocycles. The summed E-state index contributed by atoms with van der Waals surface area (Å²) in [5.74, 6) is -0.523. The molecule has 6 aliphatic rings. The number of carbonyl (C=O) groups is 2. The Morgan fingerprint density at radius 2 is 1.51 bits per heavy atom. The fraction of sp³-hybridized carbons (Fsp3) is 0.892. The predicted molar refractivity (Wildman–Crippen MR) is 169 cm³/mol. The highest BCUT2D eigenvalue weighted by atomic mass is 16.5. The van der Waals surface area contributed by atoms with Gasteiger partial charge in [-0.3, -0.25) is 9.59 Å². The van der Waals surface area contributed by atoms with Crippen molar-refractivity contribution < 1.29 is 39.9 Å². The monoisotopic (exact) mass is 630 g/mol. The Morgan fingerprint density at radius 3 is 2.16 bits per heavy atom. The van der Waals surface area contributed by atoms with E-state index in [4.69, 9.17) is 4.74 Å². The van der Waals surface area contributed by atoms with Crippen LogP contribution in [0.4, 0.5) is 0 Å². The van der Waals surface area contributed by atoms with Crippen molar-refractivity contribution in [1.82, 2.24) is 0 Å². The Labute approximate surface area is 269 Å². The highest BCUT2D eigenvalue weighted by molar-refractivity contribution is 5.87. The first-order chi connectivity index (χ1) is 20.8. The molecule has 8 nitrogen and oxygen atoms in total. The molecule has 0 aromatic heterocycles. The van der Waals surface area contributed by atoms with Crippen molar-refractivity contribution >= 4 is 11.8 Å². The molecular formula is C37H58O8. The minimum Gasteiger partial charge on any atom is -0.481 e. The van der Waals surface area contributed by atoms with E-state index in [-0.39, 0.29) is 45.2 Å². The third-order valence-corrected chi connectivity index (χ3v) is 15.6. The maximum absolute atomic E-state index is 14.1. The summed E-state index contributed by atoms with van der Waals surface area (Å²) >= 11 is 0. The highest BCUT2D eigenvalue weighted by Gasteiger charge is 2.70. The second kappa shape index (κ2) is 10.6. The molecule has 1 heterocycles. The van der Waals surface area contributed by atoms with E-state index in [1.54, 1.807) is 0 Å². The molecule has 0 bridgehead atoms. The minimum atomic E-state index is -1.56. The molecule has 4 saturated carbocycles. The average molecular weight is 631 g/mol. The first-order valence-corrected chi connectivity index (χ1v) is 17.6. The Morgan fingerprint density at radius 1 is 0.844 bits per heavy atom. The number of carbonyl (C=O) groups excluding carboxylic acids is 1. The van der Waals surface area contributed by atoms with Gasteiger partial charge in [0, 0.05) is 5.92 Å². The summed E-state index contributed by atoms with van der Waals surface area (Å²) in [4.78, 5) is 27.1. The van der Waals surface area contributed by atoms with Crippen molar-refractivity contribution in [2.45, 2.75) is 143 Å². The number of ketones is 1. The third kappa shape index (κ3) is 4.47. The lowest BCUT2D eigenvalue weighted by molar-refractivity contribution is -0.233. The number of carboxylic acid groups (broad SMARTS) is 1. The molecule has 1 saturated heterocycles. The first kappa shape index (κ1) is 33.6. The molecule has 13 atom stereocenters. The molecule has 6 rings (SSSR count). The average Bonchev–Trinajstić information content (AvgIpc) is 2.95. The van der Waals surface area contributed by atoms with Gasteiger partial charge in [-0.1, -0.05) is 60.1 Å². The Balaban J connectivity index is 1.31. The zero-order valence-corrected chi connectivity index (χ0v) is 28.5. The molecule has 5 N–H and O–H groups in total. The highest BCUT2D eigenvalue weighted by Crippen LogP contribution is 2.76. The number of aliphatic hydroxyl groups is 4. The normalized spacial score (nSPS) is 51.9. The first-order valence-electron chi connectivity index (χ1n) is 17.6. The van der Waals surface area contributed by atoms with E-state index < -0.39 is 53.9 Å². The van der Waals surface area contributed by atoms with E-state index >= 15 is 0 Å². The van der Waals surface area contributed by atoms with Crippen molar-refractivity contribution in [2.75, 3.05) is 6.61 Å². The lowest BCUT2D eigenvalue weighted by atomic mass is 9.33. The lowest BCUT2D eigenvalue weighted by Gasteiger charge is -2.71. The van der Waals surface area contributed by atoms with E-state index in [1.807, 2.05) is 0 Å². The van der Waals surface area contributed by atoms with Crippen LogP contribution in [0.2, 0.25) is 0 Å². The van der Waals surface area contributed by atoms with E-state index in [9.17, 15) is 35.1 Å². The Kier molecular flexibility index (Phi) is 7.90. The van der Waals surface area contributed by atoms with Crippen molar-refractivity contribution in [2.24, 2.45) is 56.2 Å². The Bertz CT molecular complexity index is 1250. The summed E-state index contributed by atoms with van der Waals surface area (Å²) < 4.78 is 5.75. The van der Waals surface area contributed by atoms with E-state index in [2.05, 4.69) is 54.5 Å². The van der Waals surface area contributed by atoms with E-state index in [0.29, 0.717) is 12.3 Å². The van der Waals surface area contributed by atoms with E-state index in [1.165, 1.54) is 5.57 Å². The van der Waals surface area contributed by atoms with Crippen LogP contribution in [0.5, 0.6) is 0 Å². The van der Waals surface area contributed by atoms with Crippen molar-refractivity contribution in [3.8, 4) is 0 Å². The van der Waals surface area contributed by atoms with Crippen LogP contribution in [0.3, 0.4) is 0 Å². The van der Waals surface area contributed by atoms with Crippen molar-refractivity contribution in [1.29, 1.82) is 0 Å². The van der Waals surface area contributed by atoms with Gasteiger partial charge in [0.2, 0.25) is 0 Å². The summed E-state index contributed by atoms with van der Waals surface area (Å²) in [5.41, 5.74) is 0.396. The van der Waals surface area contributed by atoms with Crippen molar-refractivity contribution in [3.63, 3.8) is 0 Å². The predicted octanol–water partition coefficient (Wildman–Crippen LogP) is 4.90. The summed E-state index contributed by atoms with van der Waals surface area (Å²) in [6, 6.07) is 0. The molecule has 0 radical (unpaired) electrons. The number of aliphatic hydroxyl groups excluding tert-OH is 4. The fourth-order valence-electron chi connectivity index (χ4n) is 12.7. The van der Waals surface area contributed by atoms with E-state index in [0.717, 1.165) is 57.8 Å². The summed E-state index contributed by atoms with van der Waals surface area (Å²) in [7, 11) is 0. The molecule has 0 spiro atoms. The molecular weight excluding hydrogens is 572 g/mol. The molecule has 0 aromatic rings. The smallest absolute Gasteiger partial charge is 0.310 e. The number of fused-ring (bicyclic) bond motifs is 7. The van der Waals surface area contributed by atoms with Crippen LogP contribution in [0, 0.1) is 56.2 Å². The van der Waals surface area contributed by atoms with Gasteiger partial charge in [-0.05, 0) is 109 Å². The van der Waals surface area contributed by atoms with Crippen LogP contribution in [-0.2, 0) is 14.3 Å². The van der Waals surface area contributed by atoms with Crippen LogP contribution < -0.4 is 0 Å². The maximum Gasteiger partial charge on any atom is 0.310 e. The second-order valence-corrected chi connectivity index (χ2v) is 18.2. The molecule has 5 fully saturated rings. The van der Waals surface area contributed by atoms with Crippen LogP contribution in [0.15, 0.2) is 11.6 Å². The van der Waals surface area contributed by atoms with Gasteiger partial charge in [0.05, 0.1) is 12.0 Å². The molecule has 1 aliphatic heterocycles. The molecule has 8 heteroatoms. The number of rotatable bonds is 4. The second-order valence-electron chi connectivity index (χ2n) is 18.2. The van der Waals surface area contributed by atoms with Gasteiger partial charge in [0.15, 0.2) is 5.78 Å². The number of carboxylic acids is 1. The van der Waals surface area contributed by atoms with Crippen LogP contribution in [0.1, 0.15) is 113 Å². The number of allylic oxidation sites excluding steroid dienone is 2. The zero-order chi connectivity index (χ0) is 33.1. The number of Topliss-reactive ketones (excluding diaryl/α,β-unsaturated/α-hetero) is 1. The summed E-state index contributed by atoms with van der Waals surface area (Å²) in [6.07, 6.45) is 4.19. The lowest BCUT2D eigenvalue weighted by Crippen LogP contribution is -2.66. The quantitative estimate of drug-likeness (QED) is 0.276. The topological polar surface area (TPSA) is 145 Å². The zero-order valence-electron chi connectivity index (χ0n) is 28.5. The van der Waals surface area contributed by atoms with Gasteiger partial charge in [0.1, 0.15) is 30.5 Å². The number of ether oxygens (including phenoxy) is 1. The molecule has 5 unspecified atom stereocenters. The maximum atomic E-state index is 14.1. The van der Waals surface area contributed by atoms with Crippen LogP contribution in [-0.4, -0.2) is 74.4 Å². The SMILES string of the molecule is CC1(C)CC[C@]2(C(=O)O)CC[C@]3(C)C(=CCC4[C@@]5(C)CC[C@H](C(=O)[C@@H]6OC(CO)[C@H](O)C(O)[C@@H]6O)C(C)(C)C5CC[C@]43C)C2C1. The van der Waals surface area contributed by atoms with Gasteiger partial charge < -0.3 is 30.3 Å². The minimum absolute atomic E-state index is 0.0127. The van der Waals surface area contributed by atoms with Gasteiger partial charge in [-0.15, -0.1) is 0 Å². The largest absolute Gasteiger partial charge is 0.481 e. The number of aliphatic carboxylic acids is 1. The van der Waals surface area contributed by atoms with Gasteiger partial charge in [-0.2, -0.15) is 0 Å². The molecule has 0 amide bonds. The third-order valence-electron chi connectivity index (χ3n) is 15.6. The van der Waals surface area contributed by atoms with Gasteiger partial charge >= 0.3 is 5.97 Å². The Hall–Kier alpha value is -1.32. The number of hydrogen-bond acceptors (Lipinski definition) is 7. The van der Waals surface area contributed by atoms with Gasteiger partial charge in [-0.25, -0.2) is 0 Å². The standard InChI is InChI=1S/C37H58O8/c1-32(2)14-16-37(31(43)44)17-15-35(6)20(22(37)18-32)8-9-25-34(5)12-10-21(33(3,4)24(34)11-13-36(25,35)7)26(39)30-29(42)28(41)27(40)23(19-38)45-30/h8,21-25,27-30,38,40-42H,9-19H2,1-7H3,(H,43,44)/t21-,22?,23?,24?,25?,27+,28?,29+,30+,34+,35-,36-,37+/m1/s1.